The molecule has 104 valence electrons. The van der Waals surface area contributed by atoms with Crippen molar-refractivity contribution >= 4 is 5.57 Å². The molecule has 21 heavy (non-hydrogen) atoms. The molecule has 2 aliphatic rings. The minimum absolute atomic E-state index is 0.988. The van der Waals surface area contributed by atoms with Gasteiger partial charge in [-0.2, -0.15) is 0 Å². The molecule has 0 unspecified atom stereocenters. The lowest BCUT2D eigenvalue weighted by molar-refractivity contribution is 0.882. The molecule has 0 aliphatic heterocycles. The van der Waals surface area contributed by atoms with E-state index in [9.17, 15) is 0 Å². The van der Waals surface area contributed by atoms with E-state index in [-0.39, 0.29) is 0 Å². The van der Waals surface area contributed by atoms with Crippen LogP contribution in [0, 0.1) is 0 Å². The largest absolute Gasteiger partial charge is 0.103 e. The van der Waals surface area contributed by atoms with Crippen molar-refractivity contribution in [1.29, 1.82) is 0 Å². The number of aryl methyl sites for hydroxylation is 1. The maximum absolute atomic E-state index is 3.90. The molecule has 4 rings (SSSR count). The summed E-state index contributed by atoms with van der Waals surface area (Å²) in [6.07, 6.45) is 10.2. The van der Waals surface area contributed by atoms with Crippen molar-refractivity contribution < 1.29 is 0 Å². The molecule has 2 aliphatic carbocycles. The summed E-state index contributed by atoms with van der Waals surface area (Å²) < 4.78 is 0. The van der Waals surface area contributed by atoms with Crippen molar-refractivity contribution in [3.8, 4) is 11.1 Å². The Kier molecular flexibility index (Phi) is 3.03. The van der Waals surface area contributed by atoms with Crippen LogP contribution in [0.15, 0.2) is 55.1 Å². The molecule has 0 radical (unpaired) electrons. The van der Waals surface area contributed by atoms with Gasteiger partial charge in [0.1, 0.15) is 0 Å². The Balaban J connectivity index is 1.90. The summed E-state index contributed by atoms with van der Waals surface area (Å²) in [6.45, 7) is 3.90. The van der Waals surface area contributed by atoms with Gasteiger partial charge in [0.15, 0.2) is 0 Å². The molecule has 2 aromatic rings. The van der Waals surface area contributed by atoms with Gasteiger partial charge in [0.2, 0.25) is 0 Å². The number of fused-ring (bicyclic) bond motifs is 5. The van der Waals surface area contributed by atoms with Crippen LogP contribution in [-0.2, 0) is 19.3 Å². The Morgan fingerprint density at radius 1 is 0.857 bits per heavy atom. The first-order chi connectivity index (χ1) is 10.4. The molecule has 2 aromatic carbocycles. The first kappa shape index (κ1) is 12.6. The zero-order chi connectivity index (χ0) is 14.2. The van der Waals surface area contributed by atoms with Crippen molar-refractivity contribution in [2.45, 2.75) is 32.1 Å². The summed E-state index contributed by atoms with van der Waals surface area (Å²) in [4.78, 5) is 0. The average molecular weight is 272 g/mol. The van der Waals surface area contributed by atoms with E-state index in [0.29, 0.717) is 0 Å². The molecule has 0 heteroatoms. The van der Waals surface area contributed by atoms with Crippen molar-refractivity contribution in [3.05, 3.63) is 77.4 Å². The van der Waals surface area contributed by atoms with Crippen LogP contribution in [0.2, 0.25) is 0 Å². The predicted molar refractivity (Wildman–Crippen MR) is 90.4 cm³/mol. The number of hydrogen-bond acceptors (Lipinski definition) is 0. The van der Waals surface area contributed by atoms with E-state index in [1.54, 1.807) is 11.1 Å². The van der Waals surface area contributed by atoms with E-state index in [1.165, 1.54) is 53.5 Å². The van der Waals surface area contributed by atoms with Gasteiger partial charge >= 0.3 is 0 Å². The maximum atomic E-state index is 3.90. The van der Waals surface area contributed by atoms with Crippen LogP contribution in [0.1, 0.15) is 35.1 Å². The highest BCUT2D eigenvalue weighted by atomic mass is 14.3. The lowest BCUT2D eigenvalue weighted by Gasteiger charge is -2.27. The number of hydrogen-bond donors (Lipinski definition) is 0. The minimum atomic E-state index is 0.988. The molecule has 0 saturated carbocycles. The first-order valence-electron chi connectivity index (χ1n) is 7.92. The molecular formula is C21H20. The molecule has 0 amide bonds. The number of benzene rings is 2. The van der Waals surface area contributed by atoms with Crippen molar-refractivity contribution in [3.63, 3.8) is 0 Å². The van der Waals surface area contributed by atoms with Crippen LogP contribution >= 0.6 is 0 Å². The van der Waals surface area contributed by atoms with Crippen molar-refractivity contribution in [1.82, 2.24) is 0 Å². The number of rotatable bonds is 2. The van der Waals surface area contributed by atoms with Gasteiger partial charge in [-0.05, 0) is 71.1 Å². The Labute approximate surface area is 126 Å². The average Bonchev–Trinajstić information content (AvgIpc) is 2.55. The quantitative estimate of drug-likeness (QED) is 0.646. The fourth-order valence-electron chi connectivity index (χ4n) is 3.93. The van der Waals surface area contributed by atoms with Crippen LogP contribution in [0.3, 0.4) is 0 Å². The Morgan fingerprint density at radius 2 is 1.67 bits per heavy atom. The van der Waals surface area contributed by atoms with Gasteiger partial charge in [-0.1, -0.05) is 48.6 Å². The Morgan fingerprint density at radius 3 is 2.57 bits per heavy atom. The van der Waals surface area contributed by atoms with Gasteiger partial charge in [-0.15, -0.1) is 6.58 Å². The maximum Gasteiger partial charge on any atom is -0.00973 e. The van der Waals surface area contributed by atoms with Gasteiger partial charge < -0.3 is 0 Å². The van der Waals surface area contributed by atoms with E-state index in [1.807, 2.05) is 6.08 Å². The molecule has 0 heterocycles. The normalized spacial score (nSPS) is 15.5. The van der Waals surface area contributed by atoms with Gasteiger partial charge in [-0.3, -0.25) is 0 Å². The van der Waals surface area contributed by atoms with Crippen LogP contribution in [0.4, 0.5) is 0 Å². The van der Waals surface area contributed by atoms with Gasteiger partial charge in [0.05, 0.1) is 0 Å². The third kappa shape index (κ3) is 1.98. The van der Waals surface area contributed by atoms with Gasteiger partial charge in [0.25, 0.3) is 0 Å². The summed E-state index contributed by atoms with van der Waals surface area (Å²) >= 11 is 0. The summed E-state index contributed by atoms with van der Waals surface area (Å²) in [6, 6.07) is 13.6. The molecule has 0 bridgehead atoms. The van der Waals surface area contributed by atoms with E-state index < -0.39 is 0 Å². The fourth-order valence-corrected chi connectivity index (χ4v) is 3.93. The minimum Gasteiger partial charge on any atom is -0.103 e. The summed E-state index contributed by atoms with van der Waals surface area (Å²) in [5, 5.41) is 0. The second-order valence-electron chi connectivity index (χ2n) is 6.04. The third-order valence-corrected chi connectivity index (χ3v) is 4.88. The van der Waals surface area contributed by atoms with Crippen molar-refractivity contribution in [2.24, 2.45) is 0 Å². The SMILES string of the molecule is C=CCC1=CCCc2c1ccc1c2CCc2ccccc2-1. The molecule has 0 nitrogen and oxygen atoms in total. The molecule has 0 N–H and O–H groups in total. The monoisotopic (exact) mass is 272 g/mol. The topological polar surface area (TPSA) is 0 Å². The highest BCUT2D eigenvalue weighted by Crippen LogP contribution is 2.40. The highest BCUT2D eigenvalue weighted by Gasteiger charge is 2.22. The summed E-state index contributed by atoms with van der Waals surface area (Å²) in [5.41, 5.74) is 10.5. The standard InChI is InChI=1S/C21H20/c1-2-6-15-8-5-10-19-18(15)13-14-20-17-9-4-3-7-16(17)11-12-21(19)20/h2-4,7-9,13-14H,1,5-6,10-12H2. The molecular weight excluding hydrogens is 252 g/mol. The second-order valence-corrected chi connectivity index (χ2v) is 6.04. The van der Waals surface area contributed by atoms with E-state index >= 15 is 0 Å². The van der Waals surface area contributed by atoms with Crippen LogP contribution < -0.4 is 0 Å². The van der Waals surface area contributed by atoms with E-state index in [0.717, 1.165) is 6.42 Å². The molecule has 0 atom stereocenters. The third-order valence-electron chi connectivity index (χ3n) is 4.88. The van der Waals surface area contributed by atoms with Crippen LogP contribution in [0.5, 0.6) is 0 Å². The van der Waals surface area contributed by atoms with Gasteiger partial charge in [-0.25, -0.2) is 0 Å². The zero-order valence-electron chi connectivity index (χ0n) is 12.4. The lowest BCUT2D eigenvalue weighted by atomic mass is 9.77. The number of allylic oxidation sites excluding steroid dienone is 3. The molecule has 0 spiro atoms. The van der Waals surface area contributed by atoms with Gasteiger partial charge in [0, 0.05) is 0 Å². The Hall–Kier alpha value is -2.08. The van der Waals surface area contributed by atoms with Crippen LogP contribution in [0.25, 0.3) is 16.7 Å². The van der Waals surface area contributed by atoms with E-state index in [4.69, 9.17) is 0 Å². The molecule has 0 saturated heterocycles. The first-order valence-corrected chi connectivity index (χ1v) is 7.92. The van der Waals surface area contributed by atoms with Crippen molar-refractivity contribution in [2.75, 3.05) is 0 Å². The van der Waals surface area contributed by atoms with E-state index in [2.05, 4.69) is 49.1 Å². The highest BCUT2D eigenvalue weighted by molar-refractivity contribution is 5.80. The fraction of sp³-hybridized carbons (Fsp3) is 0.238. The van der Waals surface area contributed by atoms with Crippen LogP contribution in [-0.4, -0.2) is 0 Å². The summed E-state index contributed by atoms with van der Waals surface area (Å²) in [5.74, 6) is 0. The predicted octanol–water partition coefficient (Wildman–Crippen LogP) is 5.36. The molecule has 0 aromatic heterocycles. The smallest absolute Gasteiger partial charge is 0.00973 e. The molecule has 0 fully saturated rings. The second kappa shape index (κ2) is 5.04. The summed E-state index contributed by atoms with van der Waals surface area (Å²) in [7, 11) is 0. The zero-order valence-corrected chi connectivity index (χ0v) is 12.4. The lowest BCUT2D eigenvalue weighted by Crippen LogP contribution is -2.11. The Bertz CT molecular complexity index is 747.